The Bertz CT molecular complexity index is 1290. The molecule has 6 nitrogen and oxygen atoms in total. The van der Waals surface area contributed by atoms with Gasteiger partial charge in [0, 0.05) is 37.0 Å². The van der Waals surface area contributed by atoms with Crippen LogP contribution in [0.2, 0.25) is 10.0 Å². The zero-order valence-electron chi connectivity index (χ0n) is 19.7. The van der Waals surface area contributed by atoms with Crippen LogP contribution in [0.5, 0.6) is 0 Å². The van der Waals surface area contributed by atoms with Crippen LogP contribution in [0.3, 0.4) is 0 Å². The summed E-state index contributed by atoms with van der Waals surface area (Å²) in [6.45, 7) is 4.65. The van der Waals surface area contributed by atoms with E-state index in [0.717, 1.165) is 22.0 Å². The maximum atomic E-state index is 13.3. The molecule has 1 unspecified atom stereocenters. The van der Waals surface area contributed by atoms with Gasteiger partial charge >= 0.3 is 0 Å². The van der Waals surface area contributed by atoms with E-state index < -0.39 is 6.04 Å². The molecule has 0 radical (unpaired) electrons. The van der Waals surface area contributed by atoms with Crippen molar-refractivity contribution in [1.82, 2.24) is 10.2 Å². The van der Waals surface area contributed by atoms with Crippen LogP contribution in [0, 0.1) is 0 Å². The van der Waals surface area contributed by atoms with Gasteiger partial charge in [-0.15, -0.1) is 0 Å². The second kappa shape index (κ2) is 10.7. The normalized spacial score (nSPS) is 13.3. The van der Waals surface area contributed by atoms with E-state index in [-0.39, 0.29) is 30.7 Å². The molecule has 3 aromatic rings. The highest BCUT2D eigenvalue weighted by atomic mass is 35.5. The number of likely N-dealkylation sites (N-methyl/N-ethyl adjacent to an activating group) is 1. The second-order valence-corrected chi connectivity index (χ2v) is 9.40. The minimum atomic E-state index is -0.664. The van der Waals surface area contributed by atoms with E-state index in [0.29, 0.717) is 35.1 Å². The van der Waals surface area contributed by atoms with Crippen molar-refractivity contribution in [2.24, 2.45) is 0 Å². The van der Waals surface area contributed by atoms with Crippen molar-refractivity contribution in [3.05, 3.63) is 75.8 Å². The lowest BCUT2D eigenvalue weighted by Gasteiger charge is -2.29. The Balaban J connectivity index is 1.47. The predicted octanol–water partition coefficient (Wildman–Crippen LogP) is 5.44. The van der Waals surface area contributed by atoms with Crippen LogP contribution >= 0.6 is 23.2 Å². The Morgan fingerprint density at radius 2 is 1.80 bits per heavy atom. The summed E-state index contributed by atoms with van der Waals surface area (Å²) < 4.78 is 0. The first-order chi connectivity index (χ1) is 16.8. The third kappa shape index (κ3) is 5.14. The molecule has 1 atom stereocenters. The minimum Gasteiger partial charge on any atom is -0.355 e. The number of carbonyl (C=O) groups is 3. The number of nitrogens with one attached hydrogen (secondary N) is 1. The molecule has 0 saturated carbocycles. The lowest BCUT2D eigenvalue weighted by atomic mass is 10.1. The van der Waals surface area contributed by atoms with Crippen molar-refractivity contribution in [3.63, 3.8) is 0 Å². The molecule has 0 spiro atoms. The molecule has 1 aliphatic rings. The molecule has 0 fully saturated rings. The summed E-state index contributed by atoms with van der Waals surface area (Å²) in [6, 6.07) is 16.1. The van der Waals surface area contributed by atoms with E-state index in [4.69, 9.17) is 23.2 Å². The monoisotopic (exact) mass is 511 g/mol. The zero-order chi connectivity index (χ0) is 25.1. The van der Waals surface area contributed by atoms with Crippen LogP contribution in [0.25, 0.3) is 10.8 Å². The maximum absolute atomic E-state index is 13.3. The number of anilines is 1. The first kappa shape index (κ1) is 25.0. The first-order valence-electron chi connectivity index (χ1n) is 11.7. The summed E-state index contributed by atoms with van der Waals surface area (Å²) >= 11 is 12.2. The average molecular weight is 512 g/mol. The van der Waals surface area contributed by atoms with Gasteiger partial charge < -0.3 is 15.1 Å². The standard InChI is InChI=1S/C27H27Cl2N3O3/c1-3-30-26(34)17(2)32(16-18-12-13-21(28)22(29)15-18)24(33)11-6-14-31-23-10-5-8-19-7-4-9-20(25(19)23)27(31)35/h4-5,7-10,12-13,15,17H,3,6,11,14,16H2,1-2H3,(H,30,34). The molecule has 0 bridgehead atoms. The summed E-state index contributed by atoms with van der Waals surface area (Å²) in [7, 11) is 0. The number of carbonyl (C=O) groups excluding carboxylic acids is 3. The van der Waals surface area contributed by atoms with E-state index in [2.05, 4.69) is 5.32 Å². The highest BCUT2D eigenvalue weighted by Crippen LogP contribution is 2.37. The summed E-state index contributed by atoms with van der Waals surface area (Å²) in [6.07, 6.45) is 0.663. The molecule has 1 aliphatic heterocycles. The van der Waals surface area contributed by atoms with Crippen molar-refractivity contribution < 1.29 is 14.4 Å². The number of hydrogen-bond donors (Lipinski definition) is 1. The van der Waals surface area contributed by atoms with Gasteiger partial charge in [0.05, 0.1) is 15.7 Å². The van der Waals surface area contributed by atoms with Crippen molar-refractivity contribution in [3.8, 4) is 0 Å². The molecule has 0 aliphatic carbocycles. The maximum Gasteiger partial charge on any atom is 0.258 e. The van der Waals surface area contributed by atoms with Gasteiger partial charge in [0.25, 0.3) is 5.91 Å². The fourth-order valence-corrected chi connectivity index (χ4v) is 4.79. The van der Waals surface area contributed by atoms with Crippen LogP contribution in [-0.2, 0) is 16.1 Å². The van der Waals surface area contributed by atoms with Crippen LogP contribution in [0.1, 0.15) is 42.6 Å². The second-order valence-electron chi connectivity index (χ2n) is 8.58. The lowest BCUT2D eigenvalue weighted by molar-refractivity contribution is -0.140. The number of halogens is 2. The topological polar surface area (TPSA) is 69.7 Å². The smallest absolute Gasteiger partial charge is 0.258 e. The molecule has 1 N–H and O–H groups in total. The van der Waals surface area contributed by atoms with Crippen LogP contribution < -0.4 is 10.2 Å². The molecule has 0 saturated heterocycles. The Morgan fingerprint density at radius 1 is 1.06 bits per heavy atom. The van der Waals surface area contributed by atoms with Gasteiger partial charge in [0.15, 0.2) is 0 Å². The van der Waals surface area contributed by atoms with Gasteiger partial charge in [-0.3, -0.25) is 14.4 Å². The van der Waals surface area contributed by atoms with E-state index in [9.17, 15) is 14.4 Å². The Labute approximate surface area is 214 Å². The molecular formula is C27H27Cl2N3O3. The van der Waals surface area contributed by atoms with Gasteiger partial charge in [-0.1, -0.05) is 53.5 Å². The summed E-state index contributed by atoms with van der Waals surface area (Å²) in [4.78, 5) is 42.1. The van der Waals surface area contributed by atoms with E-state index in [1.807, 2.05) is 43.3 Å². The Hall–Kier alpha value is -3.09. The molecule has 8 heteroatoms. The van der Waals surface area contributed by atoms with Crippen LogP contribution in [0.4, 0.5) is 5.69 Å². The van der Waals surface area contributed by atoms with E-state index >= 15 is 0 Å². The quantitative estimate of drug-likeness (QED) is 0.415. The van der Waals surface area contributed by atoms with Crippen LogP contribution in [0.15, 0.2) is 54.6 Å². The number of amides is 3. The largest absolute Gasteiger partial charge is 0.355 e. The van der Waals surface area contributed by atoms with Crippen molar-refractivity contribution in [2.75, 3.05) is 18.0 Å². The molecule has 3 amide bonds. The molecule has 3 aromatic carbocycles. The fourth-order valence-electron chi connectivity index (χ4n) is 4.47. The van der Waals surface area contributed by atoms with E-state index in [1.165, 1.54) is 0 Å². The number of rotatable bonds is 9. The molecule has 4 rings (SSSR count). The fraction of sp³-hybridized carbons (Fsp3) is 0.296. The predicted molar refractivity (Wildman–Crippen MR) is 140 cm³/mol. The number of hydrogen-bond acceptors (Lipinski definition) is 3. The van der Waals surface area contributed by atoms with Gasteiger partial charge in [-0.2, -0.15) is 0 Å². The van der Waals surface area contributed by atoms with Crippen molar-refractivity contribution >= 4 is 57.4 Å². The van der Waals surface area contributed by atoms with Crippen molar-refractivity contribution in [1.29, 1.82) is 0 Å². The number of nitrogens with zero attached hydrogens (tertiary/aromatic N) is 2. The lowest BCUT2D eigenvalue weighted by Crippen LogP contribution is -2.47. The number of benzene rings is 3. The van der Waals surface area contributed by atoms with E-state index in [1.54, 1.807) is 34.9 Å². The zero-order valence-corrected chi connectivity index (χ0v) is 21.2. The summed E-state index contributed by atoms with van der Waals surface area (Å²) in [5.74, 6) is -0.442. The molecule has 0 aromatic heterocycles. The van der Waals surface area contributed by atoms with Gasteiger partial charge in [0.2, 0.25) is 11.8 Å². The van der Waals surface area contributed by atoms with Gasteiger partial charge in [-0.05, 0) is 55.5 Å². The van der Waals surface area contributed by atoms with Crippen molar-refractivity contribution in [2.45, 2.75) is 39.3 Å². The Kier molecular flexibility index (Phi) is 7.63. The molecule has 1 heterocycles. The Morgan fingerprint density at radius 3 is 2.51 bits per heavy atom. The van der Waals surface area contributed by atoms with Gasteiger partial charge in [-0.25, -0.2) is 0 Å². The van der Waals surface area contributed by atoms with Crippen LogP contribution in [-0.4, -0.2) is 41.8 Å². The molecular weight excluding hydrogens is 485 g/mol. The molecule has 182 valence electrons. The summed E-state index contributed by atoms with van der Waals surface area (Å²) in [5, 5.41) is 5.58. The average Bonchev–Trinajstić information content (AvgIpc) is 3.12. The third-order valence-electron chi connectivity index (χ3n) is 6.28. The highest BCUT2D eigenvalue weighted by Gasteiger charge is 2.30. The third-order valence-corrected chi connectivity index (χ3v) is 7.02. The summed E-state index contributed by atoms with van der Waals surface area (Å²) in [5.41, 5.74) is 2.34. The highest BCUT2D eigenvalue weighted by molar-refractivity contribution is 6.42. The SMILES string of the molecule is CCNC(=O)C(C)N(Cc1ccc(Cl)c(Cl)c1)C(=O)CCCN1C(=O)c2cccc3cccc1c23. The first-order valence-corrected chi connectivity index (χ1v) is 12.4. The minimum absolute atomic E-state index is 0.0485. The van der Waals surface area contributed by atoms with Gasteiger partial charge in [0.1, 0.15) is 6.04 Å². The molecule has 35 heavy (non-hydrogen) atoms.